The number of nitrogens with one attached hydrogen (secondary N) is 1. The third-order valence-corrected chi connectivity index (χ3v) is 4.22. The lowest BCUT2D eigenvalue weighted by atomic mass is 10.2. The fraction of sp³-hybridized carbons (Fsp3) is 0.154. The third kappa shape index (κ3) is 3.48. The largest absolute Gasteiger partial charge is 0.264 e. The Labute approximate surface area is 127 Å². The van der Waals surface area contributed by atoms with Crippen LogP contribution in [-0.2, 0) is 10.0 Å². The highest BCUT2D eigenvalue weighted by molar-refractivity contribution is 7.92. The minimum atomic E-state index is -3.86. The third-order valence-electron chi connectivity index (χ3n) is 2.58. The van der Waals surface area contributed by atoms with Crippen LogP contribution in [-0.4, -0.2) is 18.4 Å². The average Bonchev–Trinajstić information content (AvgIpc) is 2.36. The molecule has 0 fully saturated rings. The molecule has 2 aromatic rings. The topological polar surface area (TPSA) is 95.7 Å². The van der Waals surface area contributed by atoms with Gasteiger partial charge >= 0.3 is 0 Å². The summed E-state index contributed by atoms with van der Waals surface area (Å²) in [7, 11) is -3.86. The molecule has 1 aromatic carbocycles. The van der Waals surface area contributed by atoms with Crippen LogP contribution >= 0.6 is 11.6 Å². The average molecular weight is 323 g/mol. The second-order valence-electron chi connectivity index (χ2n) is 4.33. The molecule has 2 rings (SSSR count). The van der Waals surface area contributed by atoms with Crippen molar-refractivity contribution in [1.82, 2.24) is 9.97 Å². The van der Waals surface area contributed by atoms with Crippen molar-refractivity contribution < 1.29 is 8.42 Å². The van der Waals surface area contributed by atoms with Gasteiger partial charge in [0.15, 0.2) is 0 Å². The van der Waals surface area contributed by atoms with E-state index in [-0.39, 0.29) is 21.4 Å². The standard InChI is InChI=1S/C13H11ClN4O2S/c1-8-5-9(2)17-13(16-8)18-21(19,20)11-4-3-10(7-15)12(14)6-11/h3-6H,1-2H3,(H,16,17,18). The Bertz CT molecular complexity index is 823. The molecule has 1 heterocycles. The van der Waals surface area contributed by atoms with Crippen LogP contribution in [0.1, 0.15) is 17.0 Å². The monoisotopic (exact) mass is 322 g/mol. The molecule has 21 heavy (non-hydrogen) atoms. The van der Waals surface area contributed by atoms with Crippen LogP contribution in [0.15, 0.2) is 29.2 Å². The molecule has 0 aliphatic carbocycles. The summed E-state index contributed by atoms with van der Waals surface area (Å²) in [5, 5.41) is 8.86. The Morgan fingerprint density at radius 2 is 1.81 bits per heavy atom. The second-order valence-corrected chi connectivity index (χ2v) is 6.42. The van der Waals surface area contributed by atoms with Crippen LogP contribution in [0.25, 0.3) is 0 Å². The van der Waals surface area contributed by atoms with Crippen LogP contribution < -0.4 is 4.72 Å². The number of benzene rings is 1. The van der Waals surface area contributed by atoms with E-state index in [0.29, 0.717) is 11.4 Å². The minimum absolute atomic E-state index is 0.00650. The fourth-order valence-corrected chi connectivity index (χ4v) is 2.96. The van der Waals surface area contributed by atoms with Gasteiger partial charge in [-0.1, -0.05) is 11.6 Å². The highest BCUT2D eigenvalue weighted by Gasteiger charge is 2.17. The molecule has 6 nitrogen and oxygen atoms in total. The maximum atomic E-state index is 12.2. The number of sulfonamides is 1. The number of hydrogen-bond donors (Lipinski definition) is 1. The summed E-state index contributed by atoms with van der Waals surface area (Å²) in [4.78, 5) is 7.97. The first-order valence-corrected chi connectivity index (χ1v) is 7.73. The van der Waals surface area contributed by atoms with Gasteiger partial charge in [-0.3, -0.25) is 0 Å². The molecule has 1 N–H and O–H groups in total. The molecule has 0 bridgehead atoms. The normalized spacial score (nSPS) is 11.0. The second kappa shape index (κ2) is 5.68. The summed E-state index contributed by atoms with van der Waals surface area (Å²) in [6.07, 6.45) is 0. The number of halogens is 1. The molecule has 0 spiro atoms. The molecule has 1 aromatic heterocycles. The number of nitriles is 1. The summed E-state index contributed by atoms with van der Waals surface area (Å²) in [5.41, 5.74) is 1.51. The Kier molecular flexibility index (Phi) is 4.11. The van der Waals surface area contributed by atoms with Gasteiger partial charge in [0.05, 0.1) is 15.5 Å². The van der Waals surface area contributed by atoms with E-state index in [1.807, 2.05) is 6.07 Å². The first-order valence-electron chi connectivity index (χ1n) is 5.86. The van der Waals surface area contributed by atoms with Gasteiger partial charge in [-0.25, -0.2) is 23.1 Å². The van der Waals surface area contributed by atoms with E-state index in [9.17, 15) is 8.42 Å². The van der Waals surface area contributed by atoms with Gasteiger partial charge in [0.25, 0.3) is 10.0 Å². The number of rotatable bonds is 3. The van der Waals surface area contributed by atoms with Gasteiger partial charge < -0.3 is 0 Å². The van der Waals surface area contributed by atoms with E-state index in [1.54, 1.807) is 19.9 Å². The Morgan fingerprint density at radius 1 is 1.19 bits per heavy atom. The lowest BCUT2D eigenvalue weighted by Gasteiger charge is -2.08. The zero-order valence-corrected chi connectivity index (χ0v) is 12.8. The predicted octanol–water partition coefficient (Wildman–Crippen LogP) is 2.42. The Hall–Kier alpha value is -2.17. The SMILES string of the molecule is Cc1cc(C)nc(NS(=O)(=O)c2ccc(C#N)c(Cl)c2)n1. The molecule has 0 radical (unpaired) electrons. The molecular weight excluding hydrogens is 312 g/mol. The van der Waals surface area contributed by atoms with Gasteiger partial charge in [-0.2, -0.15) is 5.26 Å². The lowest BCUT2D eigenvalue weighted by Crippen LogP contribution is -2.15. The number of aromatic nitrogens is 2. The summed E-state index contributed by atoms with van der Waals surface area (Å²) in [6.45, 7) is 3.48. The molecule has 8 heteroatoms. The smallest absolute Gasteiger partial charge is 0.247 e. The molecular formula is C13H11ClN4O2S. The molecule has 108 valence electrons. The molecule has 0 unspecified atom stereocenters. The number of aryl methyl sites for hydroxylation is 2. The van der Waals surface area contributed by atoms with Crippen molar-refractivity contribution in [3.8, 4) is 6.07 Å². The number of hydrogen-bond acceptors (Lipinski definition) is 5. The molecule has 0 atom stereocenters. The van der Waals surface area contributed by atoms with Crippen molar-refractivity contribution in [3.05, 3.63) is 46.2 Å². The first kappa shape index (κ1) is 15.2. The molecule has 0 saturated carbocycles. The molecule has 0 amide bonds. The minimum Gasteiger partial charge on any atom is -0.247 e. The van der Waals surface area contributed by atoms with E-state index in [0.717, 1.165) is 0 Å². The maximum Gasteiger partial charge on any atom is 0.264 e. The summed E-state index contributed by atoms with van der Waals surface area (Å²) in [5.74, 6) is -0.00650. The number of nitrogens with zero attached hydrogens (tertiary/aromatic N) is 3. The van der Waals surface area contributed by atoms with Crippen LogP contribution in [0.3, 0.4) is 0 Å². The summed E-state index contributed by atoms with van der Waals surface area (Å²) in [6, 6.07) is 7.46. The zero-order valence-electron chi connectivity index (χ0n) is 11.3. The maximum absolute atomic E-state index is 12.2. The predicted molar refractivity (Wildman–Crippen MR) is 78.5 cm³/mol. The van der Waals surface area contributed by atoms with Crippen molar-refractivity contribution in [2.75, 3.05) is 4.72 Å². The van der Waals surface area contributed by atoms with Crippen LogP contribution in [0.4, 0.5) is 5.95 Å². The zero-order chi connectivity index (χ0) is 15.6. The van der Waals surface area contributed by atoms with Gasteiger partial charge in [-0.15, -0.1) is 0 Å². The summed E-state index contributed by atoms with van der Waals surface area (Å²) < 4.78 is 26.8. The highest BCUT2D eigenvalue weighted by atomic mass is 35.5. The van der Waals surface area contributed by atoms with Crippen molar-refractivity contribution in [2.45, 2.75) is 18.7 Å². The van der Waals surface area contributed by atoms with Gasteiger partial charge in [-0.05, 0) is 38.1 Å². The van der Waals surface area contributed by atoms with E-state index in [2.05, 4.69) is 14.7 Å². The highest BCUT2D eigenvalue weighted by Crippen LogP contribution is 2.21. The molecule has 0 saturated heterocycles. The van der Waals surface area contributed by atoms with Crippen molar-refractivity contribution >= 4 is 27.6 Å². The summed E-state index contributed by atoms with van der Waals surface area (Å²) >= 11 is 5.84. The Balaban J connectivity index is 2.39. The van der Waals surface area contributed by atoms with E-state index >= 15 is 0 Å². The Morgan fingerprint density at radius 3 is 2.33 bits per heavy atom. The van der Waals surface area contributed by atoms with Gasteiger partial charge in [0.2, 0.25) is 5.95 Å². The van der Waals surface area contributed by atoms with Gasteiger partial charge in [0.1, 0.15) is 6.07 Å². The van der Waals surface area contributed by atoms with Crippen molar-refractivity contribution in [1.29, 1.82) is 5.26 Å². The quantitative estimate of drug-likeness (QED) is 0.936. The molecule has 0 aliphatic rings. The van der Waals surface area contributed by atoms with Gasteiger partial charge in [0, 0.05) is 11.4 Å². The lowest BCUT2D eigenvalue weighted by molar-refractivity contribution is 0.600. The van der Waals surface area contributed by atoms with E-state index < -0.39 is 10.0 Å². The fourth-order valence-electron chi connectivity index (χ4n) is 1.70. The van der Waals surface area contributed by atoms with Crippen LogP contribution in [0, 0.1) is 25.2 Å². The van der Waals surface area contributed by atoms with Crippen LogP contribution in [0.2, 0.25) is 5.02 Å². The van der Waals surface area contributed by atoms with Crippen molar-refractivity contribution in [2.24, 2.45) is 0 Å². The number of anilines is 1. The van der Waals surface area contributed by atoms with E-state index in [4.69, 9.17) is 16.9 Å². The van der Waals surface area contributed by atoms with Crippen molar-refractivity contribution in [3.63, 3.8) is 0 Å². The van der Waals surface area contributed by atoms with Crippen LogP contribution in [0.5, 0.6) is 0 Å². The first-order chi connectivity index (χ1) is 9.81. The van der Waals surface area contributed by atoms with E-state index in [1.165, 1.54) is 18.2 Å². The molecule has 0 aliphatic heterocycles.